The van der Waals surface area contributed by atoms with Crippen molar-refractivity contribution in [1.82, 2.24) is 15.5 Å². The van der Waals surface area contributed by atoms with E-state index < -0.39 is 15.9 Å². The normalized spacial score (nSPS) is 15.5. The molecule has 3 aromatic rings. The molecule has 4 rings (SSSR count). The number of ether oxygens (including phenoxy) is 2. The van der Waals surface area contributed by atoms with Gasteiger partial charge in [0.1, 0.15) is 18.0 Å². The van der Waals surface area contributed by atoms with Crippen molar-refractivity contribution in [2.45, 2.75) is 17.5 Å². The van der Waals surface area contributed by atoms with Gasteiger partial charge in [0, 0.05) is 5.56 Å². The predicted molar refractivity (Wildman–Crippen MR) is 103 cm³/mol. The first kappa shape index (κ1) is 19.9. The van der Waals surface area contributed by atoms with E-state index in [1.807, 2.05) is 0 Å². The van der Waals surface area contributed by atoms with Crippen molar-refractivity contribution in [3.05, 3.63) is 54.4 Å². The van der Waals surface area contributed by atoms with Crippen LogP contribution in [0, 0.1) is 0 Å². The maximum absolute atomic E-state index is 12.2. The van der Waals surface area contributed by atoms with E-state index in [9.17, 15) is 13.2 Å². The molecule has 11 heteroatoms. The van der Waals surface area contributed by atoms with Gasteiger partial charge >= 0.3 is 6.09 Å². The summed E-state index contributed by atoms with van der Waals surface area (Å²) in [5, 5.41) is 14.5. The molecule has 10 nitrogen and oxygen atoms in total. The number of hydrogen-bond acceptors (Lipinski definition) is 8. The molecule has 1 aromatic heterocycles. The fourth-order valence-corrected chi connectivity index (χ4v) is 4.05. The summed E-state index contributed by atoms with van der Waals surface area (Å²) in [4.78, 5) is 14.8. The summed E-state index contributed by atoms with van der Waals surface area (Å²) in [7, 11) is -3.37. The van der Waals surface area contributed by atoms with Gasteiger partial charge in [-0.25, -0.2) is 13.2 Å². The smallest absolute Gasteiger partial charge is 0.405 e. The van der Waals surface area contributed by atoms with Crippen LogP contribution in [0.5, 0.6) is 11.5 Å². The molecule has 1 aliphatic heterocycles. The van der Waals surface area contributed by atoms with Crippen LogP contribution in [-0.2, 0) is 21.1 Å². The SMILES string of the molecule is O=C(O)NCc1nc(-c2ccc(Oc3ccc(S(=O)(=O)CC4CO4)cc3)cc2)no1. The zero-order valence-electron chi connectivity index (χ0n) is 15.5. The Morgan fingerprint density at radius 2 is 1.77 bits per heavy atom. The first-order valence-electron chi connectivity index (χ1n) is 8.91. The fraction of sp³-hybridized carbons (Fsp3) is 0.211. The average molecular weight is 431 g/mol. The number of carbonyl (C=O) groups is 1. The number of epoxide rings is 1. The molecular formula is C19H17N3O7S. The number of carboxylic acid groups (broad SMARTS) is 1. The van der Waals surface area contributed by atoms with Crippen molar-refractivity contribution >= 4 is 15.9 Å². The van der Waals surface area contributed by atoms with Crippen molar-refractivity contribution in [2.24, 2.45) is 0 Å². The second-order valence-corrected chi connectivity index (χ2v) is 8.54. The Balaban J connectivity index is 1.39. The highest BCUT2D eigenvalue weighted by Crippen LogP contribution is 2.26. The molecule has 2 N–H and O–H groups in total. The van der Waals surface area contributed by atoms with Crippen molar-refractivity contribution in [2.75, 3.05) is 12.4 Å². The minimum absolute atomic E-state index is 0.0150. The summed E-state index contributed by atoms with van der Waals surface area (Å²) in [6.45, 7) is 0.406. The lowest BCUT2D eigenvalue weighted by molar-refractivity contribution is 0.192. The average Bonchev–Trinajstić information content (AvgIpc) is 3.39. The molecule has 1 amide bonds. The Hall–Kier alpha value is -3.44. The topological polar surface area (TPSA) is 144 Å². The lowest BCUT2D eigenvalue weighted by Crippen LogP contribution is -2.20. The van der Waals surface area contributed by atoms with E-state index in [1.165, 1.54) is 12.1 Å². The Morgan fingerprint density at radius 1 is 1.13 bits per heavy atom. The van der Waals surface area contributed by atoms with Gasteiger partial charge in [-0.1, -0.05) is 5.16 Å². The number of aromatic nitrogens is 2. The summed E-state index contributed by atoms with van der Waals surface area (Å²) in [5.41, 5.74) is 0.663. The summed E-state index contributed by atoms with van der Waals surface area (Å²) in [6, 6.07) is 13.1. The van der Waals surface area contributed by atoms with E-state index >= 15 is 0 Å². The van der Waals surface area contributed by atoms with Gasteiger partial charge in [0.15, 0.2) is 9.84 Å². The lowest BCUT2D eigenvalue weighted by Gasteiger charge is -2.07. The van der Waals surface area contributed by atoms with Gasteiger partial charge in [-0.2, -0.15) is 4.98 Å². The first-order valence-corrected chi connectivity index (χ1v) is 10.6. The zero-order valence-corrected chi connectivity index (χ0v) is 16.3. The number of amides is 1. The molecule has 0 radical (unpaired) electrons. The molecule has 1 unspecified atom stereocenters. The van der Waals surface area contributed by atoms with Crippen molar-refractivity contribution < 1.29 is 32.3 Å². The Morgan fingerprint density at radius 3 is 2.37 bits per heavy atom. The molecule has 0 spiro atoms. The summed E-state index contributed by atoms with van der Waals surface area (Å²) in [5.74, 6) is 1.48. The van der Waals surface area contributed by atoms with Crippen LogP contribution < -0.4 is 10.1 Å². The highest BCUT2D eigenvalue weighted by atomic mass is 32.2. The molecule has 30 heavy (non-hydrogen) atoms. The van der Waals surface area contributed by atoms with Gasteiger partial charge in [0.05, 0.1) is 23.4 Å². The van der Waals surface area contributed by atoms with Crippen LogP contribution in [0.4, 0.5) is 4.79 Å². The third kappa shape index (κ3) is 4.93. The van der Waals surface area contributed by atoms with Crippen LogP contribution in [0.25, 0.3) is 11.4 Å². The number of benzene rings is 2. The van der Waals surface area contributed by atoms with E-state index in [1.54, 1.807) is 36.4 Å². The molecule has 1 saturated heterocycles. The molecule has 1 aliphatic rings. The maximum Gasteiger partial charge on any atom is 0.405 e. The van der Waals surface area contributed by atoms with Gasteiger partial charge in [-0.05, 0) is 48.5 Å². The van der Waals surface area contributed by atoms with E-state index in [-0.39, 0.29) is 29.2 Å². The summed E-state index contributed by atoms with van der Waals surface area (Å²) >= 11 is 0. The van der Waals surface area contributed by atoms with Crippen LogP contribution in [0.3, 0.4) is 0 Å². The van der Waals surface area contributed by atoms with Crippen molar-refractivity contribution in [3.63, 3.8) is 0 Å². The predicted octanol–water partition coefficient (Wildman–Crippen LogP) is 2.47. The monoisotopic (exact) mass is 431 g/mol. The molecule has 2 heterocycles. The van der Waals surface area contributed by atoms with Gasteiger partial charge in [-0.3, -0.25) is 0 Å². The molecule has 0 saturated carbocycles. The highest BCUT2D eigenvalue weighted by molar-refractivity contribution is 7.91. The number of hydrogen-bond donors (Lipinski definition) is 2. The molecule has 0 aliphatic carbocycles. The molecule has 0 bridgehead atoms. The number of nitrogens with one attached hydrogen (secondary N) is 1. The summed E-state index contributed by atoms with van der Waals surface area (Å²) in [6.07, 6.45) is -1.38. The number of rotatable bonds is 8. The van der Waals surface area contributed by atoms with Crippen LogP contribution in [0.2, 0.25) is 0 Å². The highest BCUT2D eigenvalue weighted by Gasteiger charge is 2.30. The molecule has 156 valence electrons. The standard InChI is InChI=1S/C19H17N3O7S/c23-19(24)20-9-17-21-18(22-29-17)12-1-3-13(4-2-12)28-14-5-7-16(8-6-14)30(25,26)11-15-10-27-15/h1-8,15,20H,9-11H2,(H,23,24). The second kappa shape index (κ2) is 8.13. The minimum Gasteiger partial charge on any atom is -0.465 e. The quantitative estimate of drug-likeness (QED) is 0.514. The van der Waals surface area contributed by atoms with E-state index in [0.29, 0.717) is 29.5 Å². The van der Waals surface area contributed by atoms with E-state index in [2.05, 4.69) is 15.5 Å². The van der Waals surface area contributed by atoms with Crippen LogP contribution in [0.1, 0.15) is 5.89 Å². The largest absolute Gasteiger partial charge is 0.465 e. The van der Waals surface area contributed by atoms with E-state index in [0.717, 1.165) is 0 Å². The minimum atomic E-state index is -3.37. The molecule has 1 fully saturated rings. The molecule has 1 atom stereocenters. The zero-order chi connectivity index (χ0) is 21.1. The molecule has 2 aromatic carbocycles. The van der Waals surface area contributed by atoms with Gasteiger partial charge in [0.2, 0.25) is 11.7 Å². The van der Waals surface area contributed by atoms with Crippen molar-refractivity contribution in [3.8, 4) is 22.9 Å². The number of nitrogens with zero attached hydrogens (tertiary/aromatic N) is 2. The maximum atomic E-state index is 12.2. The Kier molecular flexibility index (Phi) is 5.38. The fourth-order valence-electron chi connectivity index (χ4n) is 2.62. The number of sulfone groups is 1. The lowest BCUT2D eigenvalue weighted by atomic mass is 10.2. The first-order chi connectivity index (χ1) is 14.4. The van der Waals surface area contributed by atoms with Crippen molar-refractivity contribution in [1.29, 1.82) is 0 Å². The van der Waals surface area contributed by atoms with Gasteiger partial charge in [0.25, 0.3) is 0 Å². The van der Waals surface area contributed by atoms with Gasteiger partial charge < -0.3 is 24.4 Å². The Labute approximate surface area is 171 Å². The van der Waals surface area contributed by atoms with E-state index in [4.69, 9.17) is 19.1 Å². The second-order valence-electron chi connectivity index (χ2n) is 6.51. The third-order valence-corrected chi connectivity index (χ3v) is 6.00. The molecular weight excluding hydrogens is 414 g/mol. The Bertz CT molecular complexity index is 1140. The third-order valence-electron chi connectivity index (χ3n) is 4.20. The van der Waals surface area contributed by atoms with Crippen LogP contribution in [-0.4, -0.2) is 48.2 Å². The van der Waals surface area contributed by atoms with Crippen LogP contribution >= 0.6 is 0 Å². The van der Waals surface area contributed by atoms with Gasteiger partial charge in [-0.15, -0.1) is 0 Å². The summed E-state index contributed by atoms with van der Waals surface area (Å²) < 4.78 is 40.2. The van der Waals surface area contributed by atoms with Crippen LogP contribution in [0.15, 0.2) is 57.9 Å².